The Hall–Kier alpha value is -4.02. The molecule has 0 radical (unpaired) electrons. The third-order valence-electron chi connectivity index (χ3n) is 6.12. The van der Waals surface area contributed by atoms with Crippen molar-refractivity contribution >= 4 is 40.1 Å². The van der Waals surface area contributed by atoms with Gasteiger partial charge in [-0.2, -0.15) is 10.1 Å². The van der Waals surface area contributed by atoms with E-state index in [2.05, 4.69) is 30.4 Å². The summed E-state index contributed by atoms with van der Waals surface area (Å²) < 4.78 is 26.7. The van der Waals surface area contributed by atoms with E-state index in [9.17, 15) is 13.6 Å². The largest absolute Gasteiger partial charge is 0.324 e. The number of aromatic nitrogens is 6. The lowest BCUT2D eigenvalue weighted by Crippen LogP contribution is -2.28. The molecule has 1 N–H and O–H groups in total. The predicted octanol–water partition coefficient (Wildman–Crippen LogP) is 3.64. The first-order valence-corrected chi connectivity index (χ1v) is 10.5. The summed E-state index contributed by atoms with van der Waals surface area (Å²) in [6, 6.07) is 3.79. The lowest BCUT2D eigenvalue weighted by molar-refractivity contribution is -0.119. The summed E-state index contributed by atoms with van der Waals surface area (Å²) in [5, 5.41) is 7.19. The zero-order valence-corrected chi connectivity index (χ0v) is 17.5. The van der Waals surface area contributed by atoms with Crippen molar-refractivity contribution in [3.8, 4) is 0 Å². The minimum Gasteiger partial charge on any atom is -0.324 e. The number of carbonyl (C=O) groups is 1. The second-order valence-electron chi connectivity index (χ2n) is 8.30. The molecule has 4 heterocycles. The van der Waals surface area contributed by atoms with Crippen LogP contribution in [0.4, 0.5) is 31.9 Å². The van der Waals surface area contributed by atoms with Crippen LogP contribution in [0.3, 0.4) is 0 Å². The molecule has 1 amide bonds. The van der Waals surface area contributed by atoms with Gasteiger partial charge in [-0.25, -0.2) is 13.8 Å². The van der Waals surface area contributed by atoms with Crippen molar-refractivity contribution in [3.63, 3.8) is 0 Å². The monoisotopic (exact) mass is 448 g/mol. The van der Waals surface area contributed by atoms with Crippen molar-refractivity contribution in [2.75, 3.05) is 10.2 Å². The van der Waals surface area contributed by atoms with Gasteiger partial charge in [-0.15, -0.1) is 0 Å². The van der Waals surface area contributed by atoms with Crippen LogP contribution >= 0.6 is 0 Å². The maximum atomic E-state index is 13.3. The van der Waals surface area contributed by atoms with Gasteiger partial charge in [0.05, 0.1) is 28.3 Å². The fraction of sp³-hybridized carbons (Fsp3) is 0.273. The van der Waals surface area contributed by atoms with Crippen molar-refractivity contribution in [1.29, 1.82) is 0 Å². The second-order valence-corrected chi connectivity index (χ2v) is 8.30. The second kappa shape index (κ2) is 6.99. The normalized spacial score (nSPS) is 16.1. The molecule has 11 heteroatoms. The van der Waals surface area contributed by atoms with Gasteiger partial charge in [0.25, 0.3) is 6.43 Å². The maximum absolute atomic E-state index is 13.3. The van der Waals surface area contributed by atoms with Crippen LogP contribution < -0.4 is 10.2 Å². The van der Waals surface area contributed by atoms with E-state index in [0.717, 1.165) is 32.5 Å². The number of nitrogens with zero attached hydrogens (tertiary/aromatic N) is 7. The van der Waals surface area contributed by atoms with E-state index in [4.69, 9.17) is 0 Å². The summed E-state index contributed by atoms with van der Waals surface area (Å²) in [6.07, 6.45) is 6.67. The Morgan fingerprint density at radius 1 is 1.12 bits per heavy atom. The fourth-order valence-corrected chi connectivity index (χ4v) is 4.29. The number of rotatable bonds is 5. The van der Waals surface area contributed by atoms with Crippen LogP contribution in [0.1, 0.15) is 24.0 Å². The standard InChI is InChI=1S/C22H18F2N8O/c1-12-6-16-17(26-5-4-25-16)7-15(12)29-21-27-9-14-19(30-21)32(20(33)22(14)2-3-22)13-8-28-31(10-13)11-18(23)24/h4-10,18H,2-3,11H2,1H3,(H,27,29,30). The first-order valence-electron chi connectivity index (χ1n) is 10.5. The number of carbonyl (C=O) groups excluding carboxylic acids is 1. The first kappa shape index (κ1) is 19.6. The van der Waals surface area contributed by atoms with E-state index in [1.165, 1.54) is 17.3 Å². The van der Waals surface area contributed by atoms with Crippen LogP contribution in [0.25, 0.3) is 11.0 Å². The highest BCUT2D eigenvalue weighted by molar-refractivity contribution is 6.13. The number of aryl methyl sites for hydroxylation is 1. The Balaban J connectivity index is 1.38. The maximum Gasteiger partial charge on any atom is 0.257 e. The fourth-order valence-electron chi connectivity index (χ4n) is 4.29. The number of halogens is 2. The van der Waals surface area contributed by atoms with Gasteiger partial charge >= 0.3 is 0 Å². The average Bonchev–Trinajstić information content (AvgIpc) is 3.41. The Bertz CT molecular complexity index is 1410. The summed E-state index contributed by atoms with van der Waals surface area (Å²) in [7, 11) is 0. The molecule has 6 rings (SSSR count). The molecule has 9 nitrogen and oxygen atoms in total. The topological polar surface area (TPSA) is 102 Å². The molecule has 0 saturated heterocycles. The van der Waals surface area contributed by atoms with Gasteiger partial charge in [0.15, 0.2) is 0 Å². The van der Waals surface area contributed by atoms with Crippen molar-refractivity contribution in [2.45, 2.75) is 38.2 Å². The zero-order valence-electron chi connectivity index (χ0n) is 17.5. The van der Waals surface area contributed by atoms with Gasteiger partial charge in [0.2, 0.25) is 11.9 Å². The SMILES string of the molecule is Cc1cc2nccnc2cc1Nc1ncc2c(n1)N(c1cnn(CC(F)F)c1)C(=O)C21CC1. The molecule has 0 unspecified atom stereocenters. The Morgan fingerprint density at radius 2 is 1.88 bits per heavy atom. The van der Waals surface area contributed by atoms with Gasteiger partial charge < -0.3 is 5.32 Å². The number of hydrogen-bond donors (Lipinski definition) is 1. The Labute approximate surface area is 186 Å². The molecule has 1 aliphatic heterocycles. The molecule has 1 fully saturated rings. The highest BCUT2D eigenvalue weighted by Crippen LogP contribution is 2.58. The zero-order chi connectivity index (χ0) is 22.7. The molecular weight excluding hydrogens is 430 g/mol. The number of anilines is 4. The van der Waals surface area contributed by atoms with E-state index >= 15 is 0 Å². The van der Waals surface area contributed by atoms with Crippen LogP contribution in [0.2, 0.25) is 0 Å². The van der Waals surface area contributed by atoms with Crippen LogP contribution in [-0.2, 0) is 16.8 Å². The molecular formula is C22H18F2N8O. The van der Waals surface area contributed by atoms with Crippen molar-refractivity contribution in [3.05, 3.63) is 54.2 Å². The van der Waals surface area contributed by atoms with Gasteiger partial charge in [0, 0.05) is 36.0 Å². The highest BCUT2D eigenvalue weighted by atomic mass is 19.3. The van der Waals surface area contributed by atoms with E-state index in [1.54, 1.807) is 18.6 Å². The number of amides is 1. The van der Waals surface area contributed by atoms with Crippen LogP contribution in [-0.4, -0.2) is 42.0 Å². The summed E-state index contributed by atoms with van der Waals surface area (Å²) in [5.74, 6) is 0.637. The predicted molar refractivity (Wildman–Crippen MR) is 116 cm³/mol. The van der Waals surface area contributed by atoms with Gasteiger partial charge in [-0.3, -0.25) is 24.3 Å². The van der Waals surface area contributed by atoms with Crippen LogP contribution in [0, 0.1) is 6.92 Å². The number of fused-ring (bicyclic) bond motifs is 3. The molecule has 166 valence electrons. The molecule has 2 aliphatic rings. The smallest absolute Gasteiger partial charge is 0.257 e. The van der Waals surface area contributed by atoms with E-state index < -0.39 is 18.4 Å². The van der Waals surface area contributed by atoms with E-state index in [1.807, 2.05) is 19.1 Å². The van der Waals surface area contributed by atoms with Gasteiger partial charge in [-0.1, -0.05) is 0 Å². The van der Waals surface area contributed by atoms with Crippen molar-refractivity contribution in [1.82, 2.24) is 29.7 Å². The summed E-state index contributed by atoms with van der Waals surface area (Å²) >= 11 is 0. The minimum atomic E-state index is -2.54. The molecule has 33 heavy (non-hydrogen) atoms. The first-order chi connectivity index (χ1) is 15.9. The highest BCUT2D eigenvalue weighted by Gasteiger charge is 2.60. The van der Waals surface area contributed by atoms with Crippen LogP contribution in [0.5, 0.6) is 0 Å². The lowest BCUT2D eigenvalue weighted by atomic mass is 10.0. The van der Waals surface area contributed by atoms with Crippen molar-refractivity contribution in [2.24, 2.45) is 0 Å². The van der Waals surface area contributed by atoms with E-state index in [0.29, 0.717) is 30.3 Å². The summed E-state index contributed by atoms with van der Waals surface area (Å²) in [4.78, 5) is 32.5. The minimum absolute atomic E-state index is 0.127. The van der Waals surface area contributed by atoms with Crippen molar-refractivity contribution < 1.29 is 13.6 Å². The number of alkyl halides is 2. The molecule has 0 bridgehead atoms. The molecule has 0 atom stereocenters. The quantitative estimate of drug-likeness (QED) is 0.497. The average molecular weight is 448 g/mol. The number of benzene rings is 1. The summed E-state index contributed by atoms with van der Waals surface area (Å²) in [6.45, 7) is 1.40. The van der Waals surface area contributed by atoms with E-state index in [-0.39, 0.29) is 5.91 Å². The molecule has 4 aromatic rings. The molecule has 3 aromatic heterocycles. The third-order valence-corrected chi connectivity index (χ3v) is 6.12. The number of hydrogen-bond acceptors (Lipinski definition) is 7. The Kier molecular flexibility index (Phi) is 4.16. The summed E-state index contributed by atoms with van der Waals surface area (Å²) in [5.41, 5.74) is 3.74. The van der Waals surface area contributed by atoms with Gasteiger partial charge in [-0.05, 0) is 37.5 Å². The molecule has 1 spiro atoms. The third kappa shape index (κ3) is 3.11. The van der Waals surface area contributed by atoms with Gasteiger partial charge in [0.1, 0.15) is 12.4 Å². The molecule has 1 saturated carbocycles. The molecule has 1 aromatic carbocycles. The Morgan fingerprint density at radius 3 is 2.61 bits per heavy atom. The lowest BCUT2D eigenvalue weighted by Gasteiger charge is -2.15. The number of nitrogens with one attached hydrogen (secondary N) is 1. The van der Waals surface area contributed by atoms with Crippen LogP contribution in [0.15, 0.2) is 43.1 Å². The molecule has 1 aliphatic carbocycles.